The highest BCUT2D eigenvalue weighted by Crippen LogP contribution is 2.24. The van der Waals surface area contributed by atoms with Crippen molar-refractivity contribution in [1.82, 2.24) is 14.9 Å². The van der Waals surface area contributed by atoms with Crippen LogP contribution in [-0.2, 0) is 0 Å². The maximum absolute atomic E-state index is 5.68. The van der Waals surface area contributed by atoms with Gasteiger partial charge in [0, 0.05) is 0 Å². The summed E-state index contributed by atoms with van der Waals surface area (Å²) in [5.74, 6) is 7.42. The highest BCUT2D eigenvalue weighted by atomic mass is 79.9. The maximum atomic E-state index is 5.68. The number of aryl methyl sites for hydroxylation is 1. The van der Waals surface area contributed by atoms with Gasteiger partial charge in [0.05, 0.1) is 17.8 Å². The number of hydrogen-bond acceptors (Lipinski definition) is 6. The van der Waals surface area contributed by atoms with Gasteiger partial charge in [0.2, 0.25) is 0 Å². The van der Waals surface area contributed by atoms with E-state index in [1.807, 2.05) is 18.2 Å². The summed E-state index contributed by atoms with van der Waals surface area (Å²) >= 11 is 3.41. The van der Waals surface area contributed by atoms with Gasteiger partial charge in [0.1, 0.15) is 5.75 Å². The third kappa shape index (κ3) is 3.02. The van der Waals surface area contributed by atoms with E-state index in [-0.39, 0.29) is 0 Å². The van der Waals surface area contributed by atoms with Crippen LogP contribution in [0.1, 0.15) is 11.4 Å². The van der Waals surface area contributed by atoms with Gasteiger partial charge in [-0.3, -0.25) is 0 Å². The van der Waals surface area contributed by atoms with E-state index in [0.29, 0.717) is 11.8 Å². The van der Waals surface area contributed by atoms with Crippen molar-refractivity contribution in [2.45, 2.75) is 6.92 Å². The molecule has 1 aromatic carbocycles. The van der Waals surface area contributed by atoms with Gasteiger partial charge >= 0.3 is 0 Å². The molecule has 0 saturated carbocycles. The third-order valence-electron chi connectivity index (χ3n) is 2.42. The average molecular weight is 325 g/mol. The fourth-order valence-electron chi connectivity index (χ4n) is 1.37. The highest BCUT2D eigenvalue weighted by Gasteiger charge is 2.03. The smallest absolute Gasteiger partial charge is 0.263 e. The number of halogens is 1. The molecule has 1 aromatic heterocycles. The number of methoxy groups -OCH3 is 1. The summed E-state index contributed by atoms with van der Waals surface area (Å²) < 4.78 is 7.33. The van der Waals surface area contributed by atoms with Gasteiger partial charge < -0.3 is 10.6 Å². The molecule has 2 rings (SSSR count). The van der Waals surface area contributed by atoms with Crippen LogP contribution in [0.15, 0.2) is 27.8 Å². The Morgan fingerprint density at radius 2 is 2.26 bits per heavy atom. The van der Waals surface area contributed by atoms with Gasteiger partial charge in [0.25, 0.3) is 5.95 Å². The largest absolute Gasteiger partial charge is 0.496 e. The molecule has 0 amide bonds. The van der Waals surface area contributed by atoms with Gasteiger partial charge in [-0.2, -0.15) is 5.10 Å². The molecular weight excluding hydrogens is 312 g/mol. The molecule has 0 aliphatic heterocycles. The van der Waals surface area contributed by atoms with Gasteiger partial charge in [-0.15, -0.1) is 10.2 Å². The topological polar surface area (TPSA) is 90.3 Å². The van der Waals surface area contributed by atoms with E-state index in [9.17, 15) is 0 Å². The Bertz CT molecular complexity index is 609. The Morgan fingerprint density at radius 1 is 1.47 bits per heavy atom. The summed E-state index contributed by atoms with van der Waals surface area (Å²) in [6.07, 6.45) is 1.65. The van der Waals surface area contributed by atoms with Crippen molar-refractivity contribution in [3.8, 4) is 5.75 Å². The van der Waals surface area contributed by atoms with E-state index in [1.54, 1.807) is 20.2 Å². The average Bonchev–Trinajstić information content (AvgIpc) is 2.71. The van der Waals surface area contributed by atoms with Gasteiger partial charge in [0.15, 0.2) is 5.82 Å². The molecule has 0 radical (unpaired) electrons. The predicted octanol–water partition coefficient (Wildman–Crippen LogP) is 1.52. The predicted molar refractivity (Wildman–Crippen MR) is 76.8 cm³/mol. The lowest BCUT2D eigenvalue weighted by atomic mass is 10.2. The monoisotopic (exact) mass is 324 g/mol. The highest BCUT2D eigenvalue weighted by molar-refractivity contribution is 9.10. The summed E-state index contributed by atoms with van der Waals surface area (Å²) in [6, 6.07) is 5.62. The molecule has 19 heavy (non-hydrogen) atoms. The summed E-state index contributed by atoms with van der Waals surface area (Å²) in [5.41, 5.74) is 3.62. The zero-order valence-electron chi connectivity index (χ0n) is 10.5. The van der Waals surface area contributed by atoms with E-state index in [1.165, 1.54) is 4.68 Å². The van der Waals surface area contributed by atoms with Crippen molar-refractivity contribution in [2.24, 2.45) is 5.10 Å². The Balaban J connectivity index is 2.07. The number of hydrogen-bond donors (Lipinski definition) is 2. The molecule has 0 fully saturated rings. The van der Waals surface area contributed by atoms with Gasteiger partial charge in [-0.05, 0) is 46.6 Å². The van der Waals surface area contributed by atoms with Crippen molar-refractivity contribution >= 4 is 28.1 Å². The number of anilines is 1. The third-order valence-corrected chi connectivity index (χ3v) is 3.04. The number of nitrogen functional groups attached to an aromatic ring is 1. The second-order valence-electron chi connectivity index (χ2n) is 3.70. The van der Waals surface area contributed by atoms with Crippen molar-refractivity contribution in [1.29, 1.82) is 0 Å². The fourth-order valence-corrected chi connectivity index (χ4v) is 1.93. The first-order chi connectivity index (χ1) is 9.11. The van der Waals surface area contributed by atoms with Gasteiger partial charge in [-0.1, -0.05) is 0 Å². The second kappa shape index (κ2) is 5.70. The number of ether oxygens (including phenoxy) is 1. The molecule has 0 saturated heterocycles. The quantitative estimate of drug-likeness (QED) is 0.505. The first-order valence-corrected chi connectivity index (χ1v) is 6.21. The SMILES string of the molecule is COc1ccc(C=NNc2nnc(C)n2N)cc1Br. The number of nitrogens with one attached hydrogen (secondary N) is 1. The summed E-state index contributed by atoms with van der Waals surface area (Å²) in [7, 11) is 1.62. The maximum Gasteiger partial charge on any atom is 0.263 e. The molecule has 2 aromatic rings. The van der Waals surface area contributed by atoms with Crippen molar-refractivity contribution in [3.63, 3.8) is 0 Å². The van der Waals surface area contributed by atoms with Crippen LogP contribution in [0.5, 0.6) is 5.75 Å². The molecule has 100 valence electrons. The van der Waals surface area contributed by atoms with Crippen LogP contribution in [0, 0.1) is 6.92 Å². The molecule has 0 aliphatic carbocycles. The molecule has 1 heterocycles. The number of benzene rings is 1. The minimum absolute atomic E-state index is 0.376. The van der Waals surface area contributed by atoms with Crippen LogP contribution >= 0.6 is 15.9 Å². The van der Waals surface area contributed by atoms with Crippen LogP contribution < -0.4 is 16.0 Å². The Morgan fingerprint density at radius 3 is 2.84 bits per heavy atom. The lowest BCUT2D eigenvalue weighted by molar-refractivity contribution is 0.412. The van der Waals surface area contributed by atoms with Crippen LogP contribution in [0.3, 0.4) is 0 Å². The molecule has 0 atom stereocenters. The zero-order valence-corrected chi connectivity index (χ0v) is 12.0. The van der Waals surface area contributed by atoms with E-state index in [0.717, 1.165) is 15.8 Å². The zero-order chi connectivity index (χ0) is 13.8. The van der Waals surface area contributed by atoms with Gasteiger partial charge in [-0.25, -0.2) is 10.1 Å². The summed E-state index contributed by atoms with van der Waals surface area (Å²) in [4.78, 5) is 0. The van der Waals surface area contributed by atoms with E-state index in [4.69, 9.17) is 10.6 Å². The van der Waals surface area contributed by atoms with Crippen LogP contribution in [0.4, 0.5) is 5.95 Å². The van der Waals surface area contributed by atoms with Crippen molar-refractivity contribution < 1.29 is 4.74 Å². The number of rotatable bonds is 4. The Labute approximate surface area is 118 Å². The molecule has 3 N–H and O–H groups in total. The minimum Gasteiger partial charge on any atom is -0.496 e. The molecule has 7 nitrogen and oxygen atoms in total. The van der Waals surface area contributed by atoms with Crippen LogP contribution in [0.25, 0.3) is 0 Å². The minimum atomic E-state index is 0.376. The summed E-state index contributed by atoms with van der Waals surface area (Å²) in [6.45, 7) is 1.75. The fraction of sp³-hybridized carbons (Fsp3) is 0.182. The van der Waals surface area contributed by atoms with Crippen molar-refractivity contribution in [2.75, 3.05) is 18.4 Å². The van der Waals surface area contributed by atoms with E-state index >= 15 is 0 Å². The first-order valence-electron chi connectivity index (χ1n) is 5.41. The number of hydrazone groups is 1. The van der Waals surface area contributed by atoms with Crippen LogP contribution in [0.2, 0.25) is 0 Å². The summed E-state index contributed by atoms with van der Waals surface area (Å²) in [5, 5.41) is 11.7. The number of nitrogens with two attached hydrogens (primary N) is 1. The molecule has 0 bridgehead atoms. The van der Waals surface area contributed by atoms with Crippen molar-refractivity contribution in [3.05, 3.63) is 34.1 Å². The second-order valence-corrected chi connectivity index (χ2v) is 4.56. The molecule has 0 aliphatic rings. The molecule has 0 spiro atoms. The standard InChI is InChI=1S/C11H13BrN6O/c1-7-15-17-11(18(7)13)16-14-6-8-3-4-10(19-2)9(12)5-8/h3-6H,13H2,1-2H3,(H,16,17). The Hall–Kier alpha value is -2.09. The molecule has 0 unspecified atom stereocenters. The Kier molecular flexibility index (Phi) is 4.00. The van der Waals surface area contributed by atoms with E-state index in [2.05, 4.69) is 36.7 Å². The lowest BCUT2D eigenvalue weighted by Gasteiger charge is -2.03. The first kappa shape index (κ1) is 13.3. The number of nitrogens with zero attached hydrogens (tertiary/aromatic N) is 4. The normalized spacial score (nSPS) is 10.9. The molecule has 8 heteroatoms. The number of aromatic nitrogens is 3. The van der Waals surface area contributed by atoms with Crippen LogP contribution in [-0.4, -0.2) is 28.2 Å². The lowest BCUT2D eigenvalue weighted by Crippen LogP contribution is -2.13. The molecular formula is C11H13BrN6O. The van der Waals surface area contributed by atoms with E-state index < -0.39 is 0 Å².